The number of aryl methyl sites for hydroxylation is 2. The fourth-order valence-corrected chi connectivity index (χ4v) is 3.18. The number of aliphatic imine (C=N–C) groups is 1. The Labute approximate surface area is 177 Å². The predicted molar refractivity (Wildman–Crippen MR) is 129 cm³/mol. The Morgan fingerprint density at radius 2 is 1.86 bits per heavy atom. The van der Waals surface area contributed by atoms with Crippen molar-refractivity contribution < 1.29 is 0 Å². The van der Waals surface area contributed by atoms with Crippen LogP contribution in [0.15, 0.2) is 84.8 Å². The normalized spacial score (nSPS) is 11.7. The molecular weight excluding hydrogens is 354 g/mol. The molecule has 1 aromatic rings. The van der Waals surface area contributed by atoms with Gasteiger partial charge in [0, 0.05) is 19.3 Å². The smallest absolute Gasteiger partial charge is 0.104 e. The van der Waals surface area contributed by atoms with Gasteiger partial charge in [0.1, 0.15) is 5.84 Å². The summed E-state index contributed by atoms with van der Waals surface area (Å²) < 4.78 is 0. The van der Waals surface area contributed by atoms with Crippen molar-refractivity contribution in [3.63, 3.8) is 0 Å². The lowest BCUT2D eigenvalue weighted by molar-refractivity contribution is 0.657. The Balaban J connectivity index is 3.08. The maximum absolute atomic E-state index is 4.51. The van der Waals surface area contributed by atoms with Crippen LogP contribution in [0.4, 0.5) is 0 Å². The first-order valence-electron chi connectivity index (χ1n) is 10.4. The summed E-state index contributed by atoms with van der Waals surface area (Å²) in [6.07, 6.45) is 8.76. The van der Waals surface area contributed by atoms with E-state index in [0.717, 1.165) is 35.6 Å². The highest BCUT2D eigenvalue weighted by atomic mass is 15.2. The molecule has 0 spiro atoms. The molecular formula is C26H37N3. The lowest BCUT2D eigenvalue weighted by Crippen LogP contribution is -2.28. The molecule has 0 radical (unpaired) electrons. The minimum atomic E-state index is 0.699. The molecule has 0 aliphatic heterocycles. The standard InChI is InChI=1S/C26H37N3/c1-9-14-25-16-15-23(18-24(25)11-3)19-28-21(7)26(17-20(6)10-2)29(13-5)22(8)27-12-4/h10,13,15-18,28H,2,5-7,9,11-12,14,19H2,1,3-4,8H3/b26-17-,27-22?. The maximum atomic E-state index is 4.51. The second kappa shape index (κ2) is 12.6. The van der Waals surface area contributed by atoms with Crippen LogP contribution in [0.3, 0.4) is 0 Å². The van der Waals surface area contributed by atoms with Crippen molar-refractivity contribution in [3.8, 4) is 0 Å². The summed E-state index contributed by atoms with van der Waals surface area (Å²) in [4.78, 5) is 6.43. The first-order chi connectivity index (χ1) is 13.9. The van der Waals surface area contributed by atoms with Crippen LogP contribution in [-0.2, 0) is 19.4 Å². The molecule has 3 nitrogen and oxygen atoms in total. The fourth-order valence-electron chi connectivity index (χ4n) is 3.18. The van der Waals surface area contributed by atoms with E-state index in [4.69, 9.17) is 0 Å². The van der Waals surface area contributed by atoms with Crippen LogP contribution in [-0.4, -0.2) is 17.3 Å². The Hall–Kier alpha value is -2.81. The van der Waals surface area contributed by atoms with E-state index < -0.39 is 0 Å². The van der Waals surface area contributed by atoms with E-state index in [-0.39, 0.29) is 0 Å². The average molecular weight is 392 g/mol. The van der Waals surface area contributed by atoms with Crippen LogP contribution in [0.5, 0.6) is 0 Å². The molecule has 0 aromatic heterocycles. The van der Waals surface area contributed by atoms with Crippen molar-refractivity contribution in [2.24, 2.45) is 4.99 Å². The third-order valence-corrected chi connectivity index (χ3v) is 4.75. The van der Waals surface area contributed by atoms with Crippen molar-refractivity contribution in [1.82, 2.24) is 10.2 Å². The number of hydrogen-bond acceptors (Lipinski definition) is 2. The SMILES string of the molecule is C=CC(=C)/C=C(/C(=C)NCc1ccc(CCC)c(CC)c1)N(C=C)C(C)=NCC. The van der Waals surface area contributed by atoms with Crippen LogP contribution in [0.25, 0.3) is 0 Å². The zero-order valence-electron chi connectivity index (χ0n) is 18.7. The van der Waals surface area contributed by atoms with Crippen molar-refractivity contribution in [3.05, 3.63) is 96.5 Å². The minimum absolute atomic E-state index is 0.699. The predicted octanol–water partition coefficient (Wildman–Crippen LogP) is 6.31. The molecule has 0 heterocycles. The number of nitrogens with zero attached hydrogens (tertiary/aromatic N) is 2. The number of allylic oxidation sites excluding steroid dienone is 3. The zero-order valence-corrected chi connectivity index (χ0v) is 18.7. The van der Waals surface area contributed by atoms with Gasteiger partial charge in [-0.3, -0.25) is 4.99 Å². The number of hydrogen-bond donors (Lipinski definition) is 1. The topological polar surface area (TPSA) is 27.6 Å². The number of amidine groups is 1. The van der Waals surface area contributed by atoms with Crippen LogP contribution < -0.4 is 5.32 Å². The molecule has 1 rings (SSSR count). The molecule has 1 N–H and O–H groups in total. The molecule has 0 saturated carbocycles. The number of nitrogens with one attached hydrogen (secondary N) is 1. The Bertz CT molecular complexity index is 796. The lowest BCUT2D eigenvalue weighted by atomic mass is 9.98. The van der Waals surface area contributed by atoms with Crippen LogP contribution >= 0.6 is 0 Å². The van der Waals surface area contributed by atoms with Crippen molar-refractivity contribution in [2.75, 3.05) is 6.54 Å². The molecule has 156 valence electrons. The number of rotatable bonds is 12. The van der Waals surface area contributed by atoms with Crippen molar-refractivity contribution >= 4 is 5.84 Å². The lowest BCUT2D eigenvalue weighted by Gasteiger charge is -2.25. The molecule has 0 atom stereocenters. The molecule has 0 saturated heterocycles. The molecule has 0 aliphatic carbocycles. The minimum Gasteiger partial charge on any atom is -0.380 e. The summed E-state index contributed by atoms with van der Waals surface area (Å²) in [5.74, 6) is 0.853. The quantitative estimate of drug-likeness (QED) is 0.257. The Kier molecular flexibility index (Phi) is 10.5. The van der Waals surface area contributed by atoms with Crippen molar-refractivity contribution in [1.29, 1.82) is 0 Å². The zero-order chi connectivity index (χ0) is 21.8. The van der Waals surface area contributed by atoms with E-state index in [0.29, 0.717) is 13.1 Å². The Morgan fingerprint density at radius 3 is 2.41 bits per heavy atom. The van der Waals surface area contributed by atoms with Gasteiger partial charge in [-0.05, 0) is 55.0 Å². The van der Waals surface area contributed by atoms with Gasteiger partial charge in [-0.15, -0.1) is 0 Å². The van der Waals surface area contributed by atoms with E-state index in [9.17, 15) is 0 Å². The van der Waals surface area contributed by atoms with Gasteiger partial charge in [0.2, 0.25) is 0 Å². The van der Waals surface area contributed by atoms with E-state index in [1.165, 1.54) is 23.1 Å². The van der Waals surface area contributed by atoms with Gasteiger partial charge < -0.3 is 10.2 Å². The molecule has 0 amide bonds. The second-order valence-electron chi connectivity index (χ2n) is 6.92. The highest BCUT2D eigenvalue weighted by molar-refractivity contribution is 5.83. The van der Waals surface area contributed by atoms with E-state index in [1.54, 1.807) is 12.3 Å². The van der Waals surface area contributed by atoms with Crippen LogP contribution in [0, 0.1) is 0 Å². The summed E-state index contributed by atoms with van der Waals surface area (Å²) in [7, 11) is 0. The molecule has 29 heavy (non-hydrogen) atoms. The first kappa shape index (κ1) is 24.2. The molecule has 0 fully saturated rings. The van der Waals surface area contributed by atoms with E-state index in [2.05, 4.69) is 68.7 Å². The molecule has 3 heteroatoms. The van der Waals surface area contributed by atoms with Gasteiger partial charge in [0.15, 0.2) is 0 Å². The van der Waals surface area contributed by atoms with Gasteiger partial charge in [-0.2, -0.15) is 0 Å². The van der Waals surface area contributed by atoms with Crippen LogP contribution in [0.1, 0.15) is 50.8 Å². The summed E-state index contributed by atoms with van der Waals surface area (Å²) in [5, 5.41) is 3.46. The van der Waals surface area contributed by atoms with Crippen molar-refractivity contribution in [2.45, 2.75) is 53.5 Å². The molecule has 0 bridgehead atoms. The molecule has 1 aromatic carbocycles. The summed E-state index contributed by atoms with van der Waals surface area (Å²) in [6, 6.07) is 6.75. The Morgan fingerprint density at radius 1 is 1.14 bits per heavy atom. The first-order valence-corrected chi connectivity index (χ1v) is 10.4. The highest BCUT2D eigenvalue weighted by Gasteiger charge is 2.13. The molecule has 0 aliphatic rings. The van der Waals surface area contributed by atoms with Crippen LogP contribution in [0.2, 0.25) is 0 Å². The maximum Gasteiger partial charge on any atom is 0.104 e. The molecule has 0 unspecified atom stereocenters. The van der Waals surface area contributed by atoms with Gasteiger partial charge >= 0.3 is 0 Å². The fraction of sp³-hybridized carbons (Fsp3) is 0.346. The monoisotopic (exact) mass is 391 g/mol. The van der Waals surface area contributed by atoms with Gasteiger partial charge in [-0.1, -0.05) is 70.9 Å². The summed E-state index contributed by atoms with van der Waals surface area (Å²) in [5.41, 5.74) is 6.56. The number of benzene rings is 1. The summed E-state index contributed by atoms with van der Waals surface area (Å²) >= 11 is 0. The summed E-state index contributed by atoms with van der Waals surface area (Å²) in [6.45, 7) is 25.8. The van der Waals surface area contributed by atoms with Gasteiger partial charge in [0.25, 0.3) is 0 Å². The largest absolute Gasteiger partial charge is 0.380 e. The second-order valence-corrected chi connectivity index (χ2v) is 6.92. The van der Waals surface area contributed by atoms with E-state index in [1.807, 2.05) is 24.8 Å². The third kappa shape index (κ3) is 7.26. The van der Waals surface area contributed by atoms with E-state index >= 15 is 0 Å². The third-order valence-electron chi connectivity index (χ3n) is 4.75. The highest BCUT2D eigenvalue weighted by Crippen LogP contribution is 2.19. The average Bonchev–Trinajstić information content (AvgIpc) is 2.72. The van der Waals surface area contributed by atoms with Gasteiger partial charge in [0.05, 0.1) is 11.4 Å². The van der Waals surface area contributed by atoms with Gasteiger partial charge in [-0.25, -0.2) is 0 Å².